The number of hydrazone groups is 1. The summed E-state index contributed by atoms with van der Waals surface area (Å²) < 4.78 is 1.05. The normalized spacial score (nSPS) is 16.1. The van der Waals surface area contributed by atoms with Crippen molar-refractivity contribution in [3.8, 4) is 5.88 Å². The number of allylic oxidation sites excluding steroid dienone is 1. The second-order valence-electron chi connectivity index (χ2n) is 6.29. The highest BCUT2D eigenvalue weighted by Crippen LogP contribution is 2.27. The van der Waals surface area contributed by atoms with Crippen molar-refractivity contribution in [2.45, 2.75) is 19.0 Å². The van der Waals surface area contributed by atoms with Crippen molar-refractivity contribution in [2.24, 2.45) is 5.10 Å². The van der Waals surface area contributed by atoms with Crippen LogP contribution in [0.4, 0.5) is 5.69 Å². The molecule has 8 heteroatoms. The van der Waals surface area contributed by atoms with Crippen molar-refractivity contribution in [1.82, 2.24) is 15.0 Å². The minimum absolute atomic E-state index is 0.00589. The Kier molecular flexibility index (Phi) is 4.66. The van der Waals surface area contributed by atoms with Crippen LogP contribution >= 0.6 is 0 Å². The molecule has 0 radical (unpaired) electrons. The average molecular weight is 355 g/mol. The van der Waals surface area contributed by atoms with Crippen LogP contribution in [-0.2, 0) is 6.54 Å². The fraction of sp³-hybridized carbons (Fsp3) is 0.278. The van der Waals surface area contributed by atoms with Gasteiger partial charge in [0.1, 0.15) is 5.56 Å². The van der Waals surface area contributed by atoms with Crippen LogP contribution < -0.4 is 21.6 Å². The molecule has 0 saturated heterocycles. The van der Waals surface area contributed by atoms with Crippen molar-refractivity contribution >= 4 is 11.4 Å². The zero-order valence-electron chi connectivity index (χ0n) is 14.7. The van der Waals surface area contributed by atoms with E-state index in [1.807, 2.05) is 43.3 Å². The van der Waals surface area contributed by atoms with E-state index >= 15 is 0 Å². The average Bonchev–Trinajstić information content (AvgIpc) is 3.08. The van der Waals surface area contributed by atoms with Gasteiger partial charge in [-0.3, -0.25) is 14.3 Å². The number of hydrogen-bond acceptors (Lipinski definition) is 6. The number of rotatable bonds is 5. The lowest BCUT2D eigenvalue weighted by atomic mass is 10.00. The summed E-state index contributed by atoms with van der Waals surface area (Å²) in [6, 6.07) is 7.88. The molecule has 3 N–H and O–H groups in total. The van der Waals surface area contributed by atoms with Crippen molar-refractivity contribution in [3.63, 3.8) is 0 Å². The van der Waals surface area contributed by atoms with Gasteiger partial charge in [0.05, 0.1) is 11.8 Å². The van der Waals surface area contributed by atoms with Gasteiger partial charge in [-0.25, -0.2) is 4.79 Å². The molecule has 8 nitrogen and oxygen atoms in total. The van der Waals surface area contributed by atoms with Crippen molar-refractivity contribution in [3.05, 3.63) is 68.9 Å². The molecular weight excluding hydrogens is 334 g/mol. The monoisotopic (exact) mass is 355 g/mol. The summed E-state index contributed by atoms with van der Waals surface area (Å²) >= 11 is 0. The number of benzene rings is 1. The smallest absolute Gasteiger partial charge is 0.331 e. The SMILES string of the molecule is C=CCn1c(O)c(C2=NNC(c3ccc(N(C)C)cc3)C2)c(=O)[nH]c1=O. The summed E-state index contributed by atoms with van der Waals surface area (Å²) in [6.07, 6.45) is 1.89. The molecule has 1 aromatic carbocycles. The second kappa shape index (κ2) is 6.91. The Morgan fingerprint density at radius 2 is 2.04 bits per heavy atom. The number of hydrogen-bond donors (Lipinski definition) is 3. The van der Waals surface area contributed by atoms with E-state index in [0.717, 1.165) is 15.8 Å². The molecule has 2 heterocycles. The summed E-state index contributed by atoms with van der Waals surface area (Å²) in [7, 11) is 3.94. The van der Waals surface area contributed by atoms with Gasteiger partial charge in [0.2, 0.25) is 5.88 Å². The summed E-state index contributed by atoms with van der Waals surface area (Å²) in [6.45, 7) is 3.64. The van der Waals surface area contributed by atoms with Crippen LogP contribution in [0.25, 0.3) is 0 Å². The Hall–Kier alpha value is -3.29. The van der Waals surface area contributed by atoms with Crippen LogP contribution in [0.5, 0.6) is 5.88 Å². The lowest BCUT2D eigenvalue weighted by Crippen LogP contribution is -2.33. The Morgan fingerprint density at radius 3 is 2.65 bits per heavy atom. The third kappa shape index (κ3) is 3.13. The molecule has 3 rings (SSSR count). The number of aromatic nitrogens is 2. The fourth-order valence-corrected chi connectivity index (χ4v) is 2.91. The third-order valence-electron chi connectivity index (χ3n) is 4.34. The Labute approximate surface area is 150 Å². The van der Waals surface area contributed by atoms with Gasteiger partial charge in [0, 0.05) is 32.7 Å². The first-order chi connectivity index (χ1) is 12.4. The zero-order chi connectivity index (χ0) is 18.8. The third-order valence-corrected chi connectivity index (χ3v) is 4.34. The topological polar surface area (TPSA) is 103 Å². The van der Waals surface area contributed by atoms with Crippen LogP contribution in [0, 0.1) is 0 Å². The maximum absolute atomic E-state index is 12.2. The highest BCUT2D eigenvalue weighted by molar-refractivity contribution is 6.03. The standard InChI is InChI=1S/C18H21N5O3/c1-4-9-23-17(25)15(16(24)19-18(23)26)14-10-13(20-21-14)11-5-7-12(8-6-11)22(2)3/h4-8,13,20,25H,1,9-10H2,2-3H3,(H,19,24,26). The summed E-state index contributed by atoms with van der Waals surface area (Å²) in [5.41, 5.74) is 4.17. The van der Waals surface area contributed by atoms with Gasteiger partial charge in [0.15, 0.2) is 0 Å². The molecule has 26 heavy (non-hydrogen) atoms. The predicted molar refractivity (Wildman–Crippen MR) is 101 cm³/mol. The minimum atomic E-state index is -0.682. The van der Waals surface area contributed by atoms with E-state index in [2.05, 4.69) is 22.1 Å². The molecule has 0 amide bonds. The molecule has 2 aromatic rings. The molecule has 1 atom stereocenters. The number of aromatic amines is 1. The number of H-pyrrole nitrogens is 1. The van der Waals surface area contributed by atoms with Gasteiger partial charge in [-0.15, -0.1) is 6.58 Å². The lowest BCUT2D eigenvalue weighted by Gasteiger charge is -2.15. The fourth-order valence-electron chi connectivity index (χ4n) is 2.91. The minimum Gasteiger partial charge on any atom is -0.494 e. The van der Waals surface area contributed by atoms with Gasteiger partial charge < -0.3 is 15.4 Å². The van der Waals surface area contributed by atoms with Crippen molar-refractivity contribution in [1.29, 1.82) is 0 Å². The summed E-state index contributed by atoms with van der Waals surface area (Å²) in [4.78, 5) is 28.3. The molecule has 0 aliphatic carbocycles. The molecule has 0 bridgehead atoms. The van der Waals surface area contributed by atoms with E-state index < -0.39 is 17.1 Å². The molecule has 1 unspecified atom stereocenters. The number of aromatic hydroxyl groups is 1. The van der Waals surface area contributed by atoms with Crippen LogP contribution in [0.15, 0.2) is 51.6 Å². The van der Waals surface area contributed by atoms with Crippen LogP contribution in [0.2, 0.25) is 0 Å². The molecule has 1 aliphatic rings. The number of nitrogens with zero attached hydrogens (tertiary/aromatic N) is 3. The summed E-state index contributed by atoms with van der Waals surface area (Å²) in [5.74, 6) is -0.400. The molecule has 1 aromatic heterocycles. The van der Waals surface area contributed by atoms with Gasteiger partial charge >= 0.3 is 5.69 Å². The zero-order valence-corrected chi connectivity index (χ0v) is 14.7. The quantitative estimate of drug-likeness (QED) is 0.693. The predicted octanol–water partition coefficient (Wildman–Crippen LogP) is 0.933. The molecular formula is C18H21N5O3. The first-order valence-corrected chi connectivity index (χ1v) is 8.19. The van der Waals surface area contributed by atoms with E-state index in [-0.39, 0.29) is 18.2 Å². The van der Waals surface area contributed by atoms with E-state index in [1.54, 1.807) is 0 Å². The molecule has 0 spiro atoms. The highest BCUT2D eigenvalue weighted by atomic mass is 16.3. The first-order valence-electron chi connectivity index (χ1n) is 8.19. The van der Waals surface area contributed by atoms with Gasteiger partial charge in [0.25, 0.3) is 5.56 Å². The van der Waals surface area contributed by atoms with Gasteiger partial charge in [-0.1, -0.05) is 18.2 Å². The van der Waals surface area contributed by atoms with Crippen LogP contribution in [0.1, 0.15) is 23.6 Å². The molecule has 0 fully saturated rings. The van der Waals surface area contributed by atoms with Crippen molar-refractivity contribution < 1.29 is 5.11 Å². The Morgan fingerprint density at radius 1 is 1.35 bits per heavy atom. The van der Waals surface area contributed by atoms with E-state index in [9.17, 15) is 14.7 Å². The number of anilines is 1. The maximum atomic E-state index is 12.2. The molecule has 1 aliphatic heterocycles. The van der Waals surface area contributed by atoms with Crippen LogP contribution in [0.3, 0.4) is 0 Å². The molecule has 0 saturated carbocycles. The van der Waals surface area contributed by atoms with Gasteiger partial charge in [-0.2, -0.15) is 5.10 Å². The number of nitrogens with one attached hydrogen (secondary N) is 2. The summed E-state index contributed by atoms with van der Waals surface area (Å²) in [5, 5.41) is 14.6. The second-order valence-corrected chi connectivity index (χ2v) is 6.29. The Bertz CT molecular complexity index is 970. The lowest BCUT2D eigenvalue weighted by molar-refractivity contribution is 0.409. The van der Waals surface area contributed by atoms with Crippen LogP contribution in [-0.4, -0.2) is 34.5 Å². The molecule has 136 valence electrons. The first kappa shape index (κ1) is 17.5. The van der Waals surface area contributed by atoms with E-state index in [4.69, 9.17) is 0 Å². The largest absolute Gasteiger partial charge is 0.494 e. The Balaban J connectivity index is 1.89. The maximum Gasteiger partial charge on any atom is 0.331 e. The highest BCUT2D eigenvalue weighted by Gasteiger charge is 2.27. The van der Waals surface area contributed by atoms with E-state index in [0.29, 0.717) is 12.1 Å². The van der Waals surface area contributed by atoms with Crippen molar-refractivity contribution in [2.75, 3.05) is 19.0 Å². The van der Waals surface area contributed by atoms with Gasteiger partial charge in [-0.05, 0) is 17.7 Å². The van der Waals surface area contributed by atoms with E-state index in [1.165, 1.54) is 6.08 Å².